The maximum Gasteiger partial charge on any atom is 0.164 e. The molecule has 3 aromatic heterocycles. The molecule has 0 bridgehead atoms. The SMILES string of the molecule is c1ccc(-c2cc(-c3ccccc3)nc(-c3cccc(-c4cc5c6c(cccc6c4)-c4ccccc4-5)c3)n2)cc1.c1ccc(-c2nc(-c3ccccc3)nc(-c3ccc(-c4cccc(-c5cc6c7c(cccc7c5)-c5ccccc5-6)c4)cc3)n2)cc1.c1ccc(-c2nc(-c3ccccc3)nc(-c3cccc(-c4cccc(-c5cc6c7c(cccc7c5)-c5ccccc5-6)c4)c3)n2)cc1. The molecule has 0 saturated heterocycles. The van der Waals surface area contributed by atoms with Gasteiger partial charge in [-0.3, -0.25) is 0 Å². The minimum absolute atomic E-state index is 0.651. The molecule has 0 amide bonds. The van der Waals surface area contributed by atoms with Gasteiger partial charge < -0.3 is 0 Å². The van der Waals surface area contributed by atoms with E-state index in [2.05, 4.69) is 315 Å². The lowest BCUT2D eigenvalue weighted by molar-refractivity contribution is 1.07. The van der Waals surface area contributed by atoms with Crippen molar-refractivity contribution in [3.8, 4) is 225 Å². The van der Waals surface area contributed by atoms with Gasteiger partial charge in [0.05, 0.1) is 11.4 Å². The zero-order chi connectivity index (χ0) is 87.4. The van der Waals surface area contributed by atoms with Gasteiger partial charge in [-0.2, -0.15) is 0 Å². The van der Waals surface area contributed by atoms with Crippen LogP contribution in [-0.2, 0) is 0 Å². The van der Waals surface area contributed by atoms with E-state index in [1.54, 1.807) is 0 Å². The highest BCUT2D eigenvalue weighted by Crippen LogP contribution is 2.53. The van der Waals surface area contributed by atoms with Gasteiger partial charge in [-0.05, 0) is 221 Å². The minimum atomic E-state index is 0.651. The van der Waals surface area contributed by atoms with Crippen LogP contribution in [0.2, 0.25) is 0 Å². The topological polar surface area (TPSA) is 103 Å². The van der Waals surface area contributed by atoms with Crippen LogP contribution in [0, 0.1) is 0 Å². The van der Waals surface area contributed by atoms with E-state index in [0.717, 1.165) is 89.5 Å². The van der Waals surface area contributed by atoms with Gasteiger partial charge in [0.1, 0.15) is 0 Å². The van der Waals surface area contributed by atoms with E-state index in [0.29, 0.717) is 34.9 Å². The van der Waals surface area contributed by atoms with Gasteiger partial charge >= 0.3 is 0 Å². The molecule has 0 saturated carbocycles. The van der Waals surface area contributed by atoms with Gasteiger partial charge in [0.25, 0.3) is 0 Å². The third-order valence-corrected chi connectivity index (χ3v) is 25.5. The van der Waals surface area contributed by atoms with Crippen molar-refractivity contribution in [2.45, 2.75) is 0 Å². The molecule has 3 heterocycles. The first-order valence-corrected chi connectivity index (χ1v) is 44.7. The highest BCUT2D eigenvalue weighted by Gasteiger charge is 2.27. The van der Waals surface area contributed by atoms with Crippen LogP contribution >= 0.6 is 0 Å². The lowest BCUT2D eigenvalue weighted by atomic mass is 9.94. The summed E-state index contributed by atoms with van der Waals surface area (Å²) >= 11 is 0. The number of benzene rings is 20. The quantitative estimate of drug-likeness (QED) is 0.106. The third-order valence-electron chi connectivity index (χ3n) is 25.5. The van der Waals surface area contributed by atoms with Gasteiger partial charge in [0.2, 0.25) is 0 Å². The van der Waals surface area contributed by atoms with Gasteiger partial charge in [-0.25, -0.2) is 39.9 Å². The van der Waals surface area contributed by atoms with Crippen LogP contribution in [0.5, 0.6) is 0 Å². The Hall–Kier alpha value is -17.7. The molecule has 3 aliphatic rings. The van der Waals surface area contributed by atoms with Crippen molar-refractivity contribution < 1.29 is 0 Å². The van der Waals surface area contributed by atoms with E-state index in [1.165, 1.54) is 132 Å². The Bertz CT molecular complexity index is 8240. The molecule has 26 rings (SSSR count). The van der Waals surface area contributed by atoms with Crippen LogP contribution in [0.15, 0.2) is 473 Å². The summed E-state index contributed by atoms with van der Waals surface area (Å²) in [5.41, 5.74) is 38.2. The fourth-order valence-electron chi connectivity index (χ4n) is 19.2. The Labute approximate surface area is 764 Å². The van der Waals surface area contributed by atoms with Crippen molar-refractivity contribution in [1.29, 1.82) is 0 Å². The molecular weight excluding hydrogens is 1600 g/mol. The average Bonchev–Trinajstić information content (AvgIpc) is 1.59. The highest BCUT2D eigenvalue weighted by molar-refractivity contribution is 6.19. The molecular formula is C124H78N8. The van der Waals surface area contributed by atoms with Crippen molar-refractivity contribution in [2.24, 2.45) is 0 Å². The molecule has 0 unspecified atom stereocenters. The van der Waals surface area contributed by atoms with E-state index < -0.39 is 0 Å². The number of fused-ring (bicyclic) bond motifs is 9. The third kappa shape index (κ3) is 14.7. The molecule has 614 valence electrons. The summed E-state index contributed by atoms with van der Waals surface area (Å²) < 4.78 is 0. The molecule has 0 fully saturated rings. The lowest BCUT2D eigenvalue weighted by Crippen LogP contribution is -2.00. The van der Waals surface area contributed by atoms with E-state index in [4.69, 9.17) is 39.9 Å². The van der Waals surface area contributed by atoms with Crippen molar-refractivity contribution in [1.82, 2.24) is 39.9 Å². The second-order valence-electron chi connectivity index (χ2n) is 33.6. The molecule has 0 atom stereocenters. The van der Waals surface area contributed by atoms with Crippen LogP contribution in [0.4, 0.5) is 0 Å². The second-order valence-corrected chi connectivity index (χ2v) is 33.6. The first-order chi connectivity index (χ1) is 65.4. The Kier molecular flexibility index (Phi) is 19.8. The summed E-state index contributed by atoms with van der Waals surface area (Å²) in [6, 6.07) is 166. The summed E-state index contributed by atoms with van der Waals surface area (Å²) in [4.78, 5) is 39.5. The normalized spacial score (nSPS) is 11.5. The number of aromatic nitrogens is 8. The Balaban J connectivity index is 0.000000110. The van der Waals surface area contributed by atoms with Crippen LogP contribution in [0.3, 0.4) is 0 Å². The fourth-order valence-corrected chi connectivity index (χ4v) is 19.2. The molecule has 132 heavy (non-hydrogen) atoms. The molecule has 20 aromatic carbocycles. The van der Waals surface area contributed by atoms with Crippen LogP contribution in [-0.4, -0.2) is 39.9 Å². The molecule has 0 radical (unpaired) electrons. The van der Waals surface area contributed by atoms with Crippen molar-refractivity contribution in [3.63, 3.8) is 0 Å². The molecule has 8 heteroatoms. The molecule has 8 nitrogen and oxygen atoms in total. The lowest BCUT2D eigenvalue weighted by Gasteiger charge is -2.11. The van der Waals surface area contributed by atoms with E-state index in [1.807, 2.05) is 158 Å². The maximum absolute atomic E-state index is 5.04. The van der Waals surface area contributed by atoms with Gasteiger partial charge in [-0.1, -0.05) is 406 Å². The molecule has 3 aliphatic carbocycles. The van der Waals surface area contributed by atoms with Crippen molar-refractivity contribution in [3.05, 3.63) is 473 Å². The second kappa shape index (κ2) is 33.6. The smallest absolute Gasteiger partial charge is 0.164 e. The summed E-state index contributed by atoms with van der Waals surface area (Å²) in [6.45, 7) is 0. The fraction of sp³-hybridized carbons (Fsp3) is 0. The Morgan fingerprint density at radius 3 is 0.598 bits per heavy atom. The minimum Gasteiger partial charge on any atom is -0.228 e. The zero-order valence-corrected chi connectivity index (χ0v) is 71.6. The highest BCUT2D eigenvalue weighted by atomic mass is 15.0. The van der Waals surface area contributed by atoms with Crippen molar-refractivity contribution >= 4 is 32.3 Å². The molecule has 23 aromatic rings. The monoisotopic (exact) mass is 1680 g/mol. The first-order valence-electron chi connectivity index (χ1n) is 44.7. The molecule has 0 aliphatic heterocycles. The van der Waals surface area contributed by atoms with E-state index in [-0.39, 0.29) is 0 Å². The largest absolute Gasteiger partial charge is 0.228 e. The van der Waals surface area contributed by atoms with E-state index >= 15 is 0 Å². The van der Waals surface area contributed by atoms with Crippen LogP contribution < -0.4 is 0 Å². The maximum atomic E-state index is 5.04. The number of nitrogens with zero attached hydrogens (tertiary/aromatic N) is 8. The predicted molar refractivity (Wildman–Crippen MR) is 544 cm³/mol. The van der Waals surface area contributed by atoms with Gasteiger partial charge in [-0.15, -0.1) is 0 Å². The molecule has 0 spiro atoms. The van der Waals surface area contributed by atoms with Gasteiger partial charge in [0.15, 0.2) is 40.8 Å². The molecule has 0 N–H and O–H groups in total. The van der Waals surface area contributed by atoms with Crippen LogP contribution in [0.25, 0.3) is 257 Å². The summed E-state index contributed by atoms with van der Waals surface area (Å²) in [5.74, 6) is 4.67. The summed E-state index contributed by atoms with van der Waals surface area (Å²) in [5, 5.41) is 7.85. The number of hydrogen-bond acceptors (Lipinski definition) is 8. The first kappa shape index (κ1) is 77.8. The number of hydrogen-bond donors (Lipinski definition) is 0. The van der Waals surface area contributed by atoms with Crippen LogP contribution in [0.1, 0.15) is 0 Å². The predicted octanol–water partition coefficient (Wildman–Crippen LogP) is 32.0. The van der Waals surface area contributed by atoms with E-state index in [9.17, 15) is 0 Å². The van der Waals surface area contributed by atoms with Crippen molar-refractivity contribution in [2.75, 3.05) is 0 Å². The van der Waals surface area contributed by atoms with Gasteiger partial charge in [0, 0.05) is 50.1 Å². The summed E-state index contributed by atoms with van der Waals surface area (Å²) in [6.07, 6.45) is 0. The number of rotatable bonds is 14. The zero-order valence-electron chi connectivity index (χ0n) is 71.6. The Morgan fingerprint density at radius 1 is 0.0985 bits per heavy atom. The standard InChI is InChI=1S/2C43H27N3.C38H24N2/c1-3-12-28(13-4-1)41-44-42(29-14-5-2-6-15-29)46-43(45-41)34-20-10-17-31(25-34)30-16-9-18-32(24-30)35-26-33-19-11-23-38-36-21-7-8-22-37(36)39(27-35)40(33)38;1-3-11-29(12-4-1)41-44-42(30-13-5-2-6-14-30)46-43(45-41)31-23-21-28(22-24-31)32-15-9-16-33(25-32)35-26-34-17-10-20-38-36-18-7-8-19-37(36)39(27-35)40(34)38;1-3-11-25(12-4-1)35-24-36(26-13-5-2-6-14-26)40-38(39-35)29-17-9-15-27(21-29)30-22-28-16-10-20-33-31-18-7-8-19-32(31)34(23-30)37(28)33/h2*1-27H;1-24H. The Morgan fingerprint density at radius 2 is 0.295 bits per heavy atom. The summed E-state index contributed by atoms with van der Waals surface area (Å²) in [7, 11) is 0. The average molecular weight is 1680 g/mol.